The summed E-state index contributed by atoms with van der Waals surface area (Å²) in [5, 5.41) is 14.7. The predicted molar refractivity (Wildman–Crippen MR) is 70.6 cm³/mol. The fraction of sp³-hybridized carbons (Fsp3) is 0.308. The number of nitrogens with one attached hydrogen (secondary N) is 1. The van der Waals surface area contributed by atoms with Crippen LogP contribution in [0.4, 0.5) is 5.82 Å². The summed E-state index contributed by atoms with van der Waals surface area (Å²) in [5.41, 5.74) is 0. The molecule has 4 nitrogen and oxygen atoms in total. The number of phenols is 1. The highest BCUT2D eigenvalue weighted by Crippen LogP contribution is 2.26. The second-order valence-corrected chi connectivity index (χ2v) is 4.07. The molecule has 0 unspecified atom stereocenters. The Morgan fingerprint density at radius 2 is 2.18 bits per heavy atom. The second-order valence-electron chi connectivity index (χ2n) is 4.07. The van der Waals surface area contributed by atoms with Gasteiger partial charge in [-0.3, -0.25) is 0 Å². The minimum atomic E-state index is 0.272. The van der Waals surface area contributed by atoms with E-state index in [4.69, 9.17) is 0 Å². The number of nitrogens with zero attached hydrogens (tertiary/aromatic N) is 2. The monoisotopic (exact) mass is 231 g/mol. The molecule has 0 fully saturated rings. The number of aromatic hydroxyl groups is 1. The summed E-state index contributed by atoms with van der Waals surface area (Å²) < 4.78 is 0. The van der Waals surface area contributed by atoms with Gasteiger partial charge in [-0.1, -0.05) is 6.07 Å². The number of hydrogen-bond donors (Lipinski definition) is 2. The van der Waals surface area contributed by atoms with Crippen molar-refractivity contribution in [1.29, 1.82) is 0 Å². The molecule has 0 saturated carbocycles. The van der Waals surface area contributed by atoms with Crippen molar-refractivity contribution < 1.29 is 5.11 Å². The lowest BCUT2D eigenvalue weighted by Gasteiger charge is -2.19. The Balaban J connectivity index is 2.42. The summed E-state index contributed by atoms with van der Waals surface area (Å²) >= 11 is 0. The summed E-state index contributed by atoms with van der Waals surface area (Å²) in [7, 11) is 3.93. The van der Waals surface area contributed by atoms with E-state index in [9.17, 15) is 5.11 Å². The van der Waals surface area contributed by atoms with Gasteiger partial charge >= 0.3 is 0 Å². The topological polar surface area (TPSA) is 48.4 Å². The van der Waals surface area contributed by atoms with Gasteiger partial charge in [0.2, 0.25) is 0 Å². The number of pyridine rings is 1. The third-order valence-corrected chi connectivity index (χ3v) is 2.79. The lowest BCUT2D eigenvalue weighted by Crippen LogP contribution is -2.27. The largest absolute Gasteiger partial charge is 0.508 e. The Labute approximate surface area is 101 Å². The molecule has 4 heteroatoms. The Morgan fingerprint density at radius 1 is 1.35 bits per heavy atom. The van der Waals surface area contributed by atoms with Gasteiger partial charge in [0.15, 0.2) is 0 Å². The van der Waals surface area contributed by atoms with Gasteiger partial charge in [-0.05, 0) is 30.6 Å². The van der Waals surface area contributed by atoms with Crippen molar-refractivity contribution in [1.82, 2.24) is 10.3 Å². The van der Waals surface area contributed by atoms with Crippen LogP contribution in [0.5, 0.6) is 5.75 Å². The molecular formula is C13H17N3O. The highest BCUT2D eigenvalue weighted by Gasteiger charge is 2.07. The van der Waals surface area contributed by atoms with Crippen LogP contribution in [0.3, 0.4) is 0 Å². The number of anilines is 1. The average Bonchev–Trinajstić information content (AvgIpc) is 2.35. The van der Waals surface area contributed by atoms with Crippen molar-refractivity contribution in [2.24, 2.45) is 0 Å². The van der Waals surface area contributed by atoms with Crippen LogP contribution in [0.15, 0.2) is 30.5 Å². The van der Waals surface area contributed by atoms with E-state index in [-0.39, 0.29) is 5.75 Å². The van der Waals surface area contributed by atoms with Crippen molar-refractivity contribution in [2.45, 2.75) is 0 Å². The van der Waals surface area contributed by atoms with Crippen LogP contribution in [0.1, 0.15) is 0 Å². The van der Waals surface area contributed by atoms with Crippen LogP contribution in [0.25, 0.3) is 10.8 Å². The molecule has 0 amide bonds. The zero-order chi connectivity index (χ0) is 12.3. The van der Waals surface area contributed by atoms with Crippen LogP contribution in [0.2, 0.25) is 0 Å². The molecule has 0 radical (unpaired) electrons. The van der Waals surface area contributed by atoms with Crippen molar-refractivity contribution in [3.63, 3.8) is 0 Å². The first-order valence-corrected chi connectivity index (χ1v) is 5.66. The molecular weight excluding hydrogens is 214 g/mol. The predicted octanol–water partition coefficient (Wildman–Crippen LogP) is 1.60. The van der Waals surface area contributed by atoms with Gasteiger partial charge in [0, 0.05) is 31.7 Å². The third-order valence-electron chi connectivity index (χ3n) is 2.79. The fourth-order valence-electron chi connectivity index (χ4n) is 1.83. The molecule has 2 aromatic rings. The summed E-state index contributed by atoms with van der Waals surface area (Å²) in [5.74, 6) is 1.17. The molecule has 17 heavy (non-hydrogen) atoms. The minimum Gasteiger partial charge on any atom is -0.508 e. The number of aromatic nitrogens is 1. The molecule has 0 bridgehead atoms. The normalized spacial score (nSPS) is 10.7. The number of likely N-dealkylation sites (N-methyl/N-ethyl adjacent to an activating group) is 2. The van der Waals surface area contributed by atoms with Crippen molar-refractivity contribution in [3.8, 4) is 5.75 Å². The van der Waals surface area contributed by atoms with Gasteiger partial charge in [-0.2, -0.15) is 0 Å². The minimum absolute atomic E-state index is 0.272. The molecule has 1 heterocycles. The average molecular weight is 231 g/mol. The lowest BCUT2D eigenvalue weighted by molar-refractivity contribution is 0.476. The van der Waals surface area contributed by atoms with Gasteiger partial charge in [-0.25, -0.2) is 4.98 Å². The van der Waals surface area contributed by atoms with E-state index < -0.39 is 0 Å². The van der Waals surface area contributed by atoms with Crippen molar-refractivity contribution >= 4 is 16.6 Å². The molecule has 1 aromatic carbocycles. The van der Waals surface area contributed by atoms with E-state index in [0.717, 1.165) is 29.7 Å². The van der Waals surface area contributed by atoms with E-state index >= 15 is 0 Å². The number of rotatable bonds is 4. The summed E-state index contributed by atoms with van der Waals surface area (Å²) in [6.45, 7) is 1.77. The van der Waals surface area contributed by atoms with E-state index in [0.29, 0.717) is 0 Å². The first kappa shape index (κ1) is 11.7. The maximum atomic E-state index is 9.55. The van der Waals surface area contributed by atoms with Crippen LogP contribution in [-0.2, 0) is 0 Å². The smallest absolute Gasteiger partial charge is 0.136 e. The molecule has 0 saturated heterocycles. The fourth-order valence-corrected chi connectivity index (χ4v) is 1.83. The van der Waals surface area contributed by atoms with Gasteiger partial charge in [-0.15, -0.1) is 0 Å². The Kier molecular flexibility index (Phi) is 3.44. The standard InChI is InChI=1S/C13H17N3O/c1-14-7-8-16(2)13-12-9-11(17)4-3-10(12)5-6-15-13/h3-6,9,14,17H,7-8H2,1-2H3. The van der Waals surface area contributed by atoms with E-state index in [1.54, 1.807) is 18.3 Å². The molecule has 1 aromatic heterocycles. The molecule has 0 spiro atoms. The Hall–Kier alpha value is -1.81. The zero-order valence-corrected chi connectivity index (χ0v) is 10.1. The molecule has 90 valence electrons. The van der Waals surface area contributed by atoms with Crippen LogP contribution in [-0.4, -0.2) is 37.3 Å². The van der Waals surface area contributed by atoms with Crippen molar-refractivity contribution in [2.75, 3.05) is 32.1 Å². The lowest BCUT2D eigenvalue weighted by atomic mass is 10.1. The van der Waals surface area contributed by atoms with Gasteiger partial charge < -0.3 is 15.3 Å². The first-order valence-electron chi connectivity index (χ1n) is 5.66. The highest BCUT2D eigenvalue weighted by atomic mass is 16.3. The molecule has 0 aliphatic rings. The van der Waals surface area contributed by atoms with Crippen LogP contribution >= 0.6 is 0 Å². The molecule has 2 rings (SSSR count). The number of phenolic OH excluding ortho intramolecular Hbond substituents is 1. The van der Waals surface area contributed by atoms with E-state index in [2.05, 4.69) is 15.2 Å². The third kappa shape index (κ3) is 2.47. The number of hydrogen-bond acceptors (Lipinski definition) is 4. The first-order chi connectivity index (χ1) is 8.22. The zero-order valence-electron chi connectivity index (χ0n) is 10.1. The Morgan fingerprint density at radius 3 is 2.94 bits per heavy atom. The number of benzene rings is 1. The van der Waals surface area contributed by atoms with Gasteiger partial charge in [0.05, 0.1) is 0 Å². The molecule has 0 atom stereocenters. The summed E-state index contributed by atoms with van der Waals surface area (Å²) in [4.78, 5) is 6.47. The summed E-state index contributed by atoms with van der Waals surface area (Å²) in [6.07, 6.45) is 1.80. The van der Waals surface area contributed by atoms with Crippen LogP contribution < -0.4 is 10.2 Å². The number of fused-ring (bicyclic) bond motifs is 1. The second kappa shape index (κ2) is 5.01. The van der Waals surface area contributed by atoms with Crippen LogP contribution in [0, 0.1) is 0 Å². The maximum absolute atomic E-state index is 9.55. The molecule has 0 aliphatic carbocycles. The molecule has 2 N–H and O–H groups in total. The molecule has 0 aliphatic heterocycles. The SMILES string of the molecule is CNCCN(C)c1nccc2ccc(O)cc12. The van der Waals surface area contributed by atoms with E-state index in [1.165, 1.54) is 0 Å². The Bertz CT molecular complexity index is 513. The maximum Gasteiger partial charge on any atom is 0.136 e. The quantitative estimate of drug-likeness (QED) is 0.839. The highest BCUT2D eigenvalue weighted by molar-refractivity contribution is 5.93. The van der Waals surface area contributed by atoms with E-state index in [1.807, 2.05) is 26.2 Å². The van der Waals surface area contributed by atoms with Gasteiger partial charge in [0.1, 0.15) is 11.6 Å². The summed E-state index contributed by atoms with van der Waals surface area (Å²) in [6, 6.07) is 7.30. The van der Waals surface area contributed by atoms with Gasteiger partial charge in [0.25, 0.3) is 0 Å². The van der Waals surface area contributed by atoms with Crippen molar-refractivity contribution in [3.05, 3.63) is 30.5 Å².